The van der Waals surface area contributed by atoms with E-state index >= 15 is 0 Å². The molecule has 3 aromatic heterocycles. The van der Waals surface area contributed by atoms with Crippen LogP contribution in [0.3, 0.4) is 0 Å². The van der Waals surface area contributed by atoms with Crippen LogP contribution in [0.1, 0.15) is 151 Å². The first-order valence-electron chi connectivity index (χ1n) is 28.5. The third-order valence-corrected chi connectivity index (χ3v) is 17.6. The normalized spacial score (nSPS) is 13.1. The van der Waals surface area contributed by atoms with E-state index in [4.69, 9.17) is 0 Å². The largest absolute Gasteiger partial charge is 0.606 e. The Kier molecular flexibility index (Phi) is 15.4. The van der Waals surface area contributed by atoms with Crippen LogP contribution in [-0.4, -0.2) is 18.3 Å². The fourth-order valence-electron chi connectivity index (χ4n) is 12.4. The zero-order valence-corrected chi connectivity index (χ0v) is 45.3. The highest BCUT2D eigenvalue weighted by molar-refractivity contribution is 7.91. The van der Waals surface area contributed by atoms with Crippen molar-refractivity contribution in [2.75, 3.05) is 0 Å². The number of benzene rings is 7. The molecule has 3 heterocycles. The first-order chi connectivity index (χ1) is 37.0. The van der Waals surface area contributed by atoms with Gasteiger partial charge in [0, 0.05) is 66.4 Å². The molecule has 75 heavy (non-hydrogen) atoms. The summed E-state index contributed by atoms with van der Waals surface area (Å²) < 4.78 is 22.1. The van der Waals surface area contributed by atoms with Gasteiger partial charge < -0.3 is 18.3 Å². The van der Waals surface area contributed by atoms with E-state index in [9.17, 15) is 9.81 Å². The number of para-hydroxylation sites is 2. The van der Waals surface area contributed by atoms with Crippen LogP contribution >= 0.6 is 0 Å². The molecule has 1 aliphatic rings. The Morgan fingerprint density at radius 2 is 0.960 bits per heavy atom. The summed E-state index contributed by atoms with van der Waals surface area (Å²) in [5.74, 6) is 0. The quantitative estimate of drug-likeness (QED) is 0.0502. The summed E-state index contributed by atoms with van der Waals surface area (Å²) >= 11 is -1.53. The van der Waals surface area contributed by atoms with Gasteiger partial charge >= 0.3 is 0 Å². The molecule has 7 aromatic carbocycles. The number of allylic oxidation sites excluding steroid dienone is 1. The van der Waals surface area contributed by atoms with Crippen LogP contribution in [0.2, 0.25) is 0 Å². The number of nitrogens with zero attached hydrogens (tertiary/aromatic N) is 4. The lowest BCUT2D eigenvalue weighted by Gasteiger charge is -2.17. The minimum absolute atomic E-state index is 0.438. The van der Waals surface area contributed by atoms with E-state index < -0.39 is 11.2 Å². The van der Waals surface area contributed by atoms with Gasteiger partial charge in [0.05, 0.1) is 27.6 Å². The lowest BCUT2D eigenvalue weighted by Crippen LogP contribution is -2.05. The summed E-state index contributed by atoms with van der Waals surface area (Å²) in [6, 6.07) is 54.8. The number of rotatable bonds is 22. The van der Waals surface area contributed by atoms with Crippen molar-refractivity contribution in [3.05, 3.63) is 179 Å². The van der Waals surface area contributed by atoms with E-state index in [1.165, 1.54) is 161 Å². The Morgan fingerprint density at radius 1 is 0.480 bits per heavy atom. The molecule has 10 aromatic rings. The average molecular weight is 1010 g/mol. The zero-order chi connectivity index (χ0) is 51.3. The summed E-state index contributed by atoms with van der Waals surface area (Å²) in [4.78, 5) is 1.21. The Labute approximate surface area is 447 Å². The first kappa shape index (κ1) is 50.4. The SMILES string of the molecule is CCCCCCCCc1ccc2c(c1)c1c3c(c4c(n3-c3ccccc3)CCC(CCCCCC)=C4)c3c(c4cc(CCCCCC)ccc4n3-c3ccc([S+]([O-])c4ccccc4C#N)cc3)c1n2-c1ccccc1. The number of aryl methyl sites for hydroxylation is 2. The molecule has 0 radical (unpaired) electrons. The monoisotopic (exact) mass is 1000 g/mol. The van der Waals surface area contributed by atoms with Gasteiger partial charge in [-0.2, -0.15) is 5.26 Å². The Hall–Kier alpha value is -6.78. The highest BCUT2D eigenvalue weighted by Crippen LogP contribution is 2.51. The summed E-state index contributed by atoms with van der Waals surface area (Å²) in [6.07, 6.45) is 25.3. The molecule has 1 aliphatic carbocycles. The smallest absolute Gasteiger partial charge is 0.176 e. The lowest BCUT2D eigenvalue weighted by atomic mass is 9.91. The molecule has 0 fully saturated rings. The Morgan fingerprint density at radius 3 is 1.55 bits per heavy atom. The molecule has 0 saturated carbocycles. The maximum Gasteiger partial charge on any atom is 0.176 e. The van der Waals surface area contributed by atoms with Crippen LogP contribution in [0.25, 0.3) is 77.7 Å². The molecule has 1 unspecified atom stereocenters. The van der Waals surface area contributed by atoms with Crippen LogP contribution in [0.15, 0.2) is 161 Å². The van der Waals surface area contributed by atoms with E-state index in [-0.39, 0.29) is 0 Å². The van der Waals surface area contributed by atoms with Gasteiger partial charge in [0.2, 0.25) is 0 Å². The number of fused-ring (bicyclic) bond motifs is 12. The van der Waals surface area contributed by atoms with Gasteiger partial charge in [0.1, 0.15) is 11.6 Å². The second-order valence-corrected chi connectivity index (χ2v) is 22.7. The van der Waals surface area contributed by atoms with E-state index in [1.807, 2.05) is 30.3 Å². The van der Waals surface area contributed by atoms with E-state index in [0.717, 1.165) is 55.4 Å². The maximum atomic E-state index is 14.3. The first-order valence-corrected chi connectivity index (χ1v) is 29.6. The molecular formula is C69H72N4OS. The van der Waals surface area contributed by atoms with Crippen LogP contribution in [0.4, 0.5) is 0 Å². The average Bonchev–Trinajstić information content (AvgIpc) is 4.18. The standard InChI is InChI=1S/C69H72N4OS/c1-4-7-10-13-14-19-28-51-36-43-60-57(47-51)64-67-65(58-45-49(26-17-11-8-5-2)35-42-61(58)72(67)54-32-22-16-23-33-54)69-66(68(64)71(60)53-30-20-15-21-31-53)59-46-50(27-18-12-9-6-3)37-44-62(59)73(69)55-38-40-56(41-39-55)75(74)63-34-25-24-29-52(63)48-70/h15-16,20-25,29-34,36-41,43-47H,4-14,17-19,26-28,35,42H2,1-3H3. The van der Waals surface area contributed by atoms with Gasteiger partial charge in [-0.05, 0) is 147 Å². The summed E-state index contributed by atoms with van der Waals surface area (Å²) in [5.41, 5.74) is 16.9. The highest BCUT2D eigenvalue weighted by Gasteiger charge is 2.32. The van der Waals surface area contributed by atoms with Crippen molar-refractivity contribution >= 4 is 71.8 Å². The molecular weight excluding hydrogens is 933 g/mol. The number of unbranched alkanes of at least 4 members (excludes halogenated alkanes) is 11. The van der Waals surface area contributed by atoms with Crippen molar-refractivity contribution < 1.29 is 4.55 Å². The molecule has 11 rings (SSSR count). The van der Waals surface area contributed by atoms with Crippen molar-refractivity contribution in [2.24, 2.45) is 0 Å². The van der Waals surface area contributed by atoms with Gasteiger partial charge in [-0.3, -0.25) is 0 Å². The van der Waals surface area contributed by atoms with Gasteiger partial charge in [0.15, 0.2) is 9.79 Å². The molecule has 1 atom stereocenters. The summed E-state index contributed by atoms with van der Waals surface area (Å²) in [5, 5.41) is 16.4. The van der Waals surface area contributed by atoms with Gasteiger partial charge in [-0.25, -0.2) is 0 Å². The third-order valence-electron chi connectivity index (χ3n) is 16.2. The second-order valence-electron chi connectivity index (χ2n) is 21.2. The number of nitriles is 1. The van der Waals surface area contributed by atoms with Crippen molar-refractivity contribution in [1.29, 1.82) is 5.26 Å². The minimum Gasteiger partial charge on any atom is -0.606 e. The van der Waals surface area contributed by atoms with Crippen LogP contribution in [-0.2, 0) is 30.4 Å². The zero-order valence-electron chi connectivity index (χ0n) is 44.5. The summed E-state index contributed by atoms with van der Waals surface area (Å²) in [6.45, 7) is 6.89. The highest BCUT2D eigenvalue weighted by atomic mass is 32.2. The molecule has 0 N–H and O–H groups in total. The number of aromatic nitrogens is 3. The fraction of sp³-hybridized carbons (Fsp3) is 0.319. The number of hydrogen-bond donors (Lipinski definition) is 0. The second kappa shape index (κ2) is 23.0. The minimum atomic E-state index is -1.53. The predicted molar refractivity (Wildman–Crippen MR) is 318 cm³/mol. The van der Waals surface area contributed by atoms with Crippen molar-refractivity contribution in [3.8, 4) is 23.1 Å². The molecule has 0 spiro atoms. The molecule has 0 aliphatic heterocycles. The molecule has 5 nitrogen and oxygen atoms in total. The molecule has 0 bridgehead atoms. The van der Waals surface area contributed by atoms with Crippen LogP contribution in [0, 0.1) is 11.3 Å². The Balaban J connectivity index is 1.28. The van der Waals surface area contributed by atoms with Crippen molar-refractivity contribution in [3.63, 3.8) is 0 Å². The molecule has 0 saturated heterocycles. The molecule has 0 amide bonds. The molecule has 6 heteroatoms. The summed E-state index contributed by atoms with van der Waals surface area (Å²) in [7, 11) is 0. The van der Waals surface area contributed by atoms with Crippen molar-refractivity contribution in [2.45, 2.75) is 153 Å². The molecule has 380 valence electrons. The third kappa shape index (κ3) is 9.75. The van der Waals surface area contributed by atoms with E-state index in [2.05, 4.69) is 156 Å². The van der Waals surface area contributed by atoms with Gasteiger partial charge in [-0.15, -0.1) is 0 Å². The predicted octanol–water partition coefficient (Wildman–Crippen LogP) is 19.2. The van der Waals surface area contributed by atoms with E-state index in [0.29, 0.717) is 15.4 Å². The van der Waals surface area contributed by atoms with E-state index in [1.54, 1.807) is 11.6 Å². The Bertz CT molecular complexity index is 3700. The lowest BCUT2D eigenvalue weighted by molar-refractivity contribution is 0.595. The maximum absolute atomic E-state index is 14.3. The number of hydrogen-bond acceptors (Lipinski definition) is 2. The van der Waals surface area contributed by atoms with Gasteiger partial charge in [-0.1, -0.05) is 164 Å². The fourth-order valence-corrected chi connectivity index (χ4v) is 13.5. The van der Waals surface area contributed by atoms with Crippen LogP contribution < -0.4 is 0 Å². The topological polar surface area (TPSA) is 61.6 Å². The van der Waals surface area contributed by atoms with Gasteiger partial charge in [0.25, 0.3) is 0 Å². The van der Waals surface area contributed by atoms with Crippen molar-refractivity contribution in [1.82, 2.24) is 13.7 Å². The van der Waals surface area contributed by atoms with Crippen LogP contribution in [0.5, 0.6) is 0 Å².